The molecule has 1 N–H and O–H groups in total. The highest BCUT2D eigenvalue weighted by Gasteiger charge is 2.20. The van der Waals surface area contributed by atoms with Crippen LogP contribution in [0.3, 0.4) is 0 Å². The summed E-state index contributed by atoms with van der Waals surface area (Å²) in [4.78, 5) is 25.2. The van der Waals surface area contributed by atoms with E-state index in [2.05, 4.69) is 15.9 Å². The highest BCUT2D eigenvalue weighted by Crippen LogP contribution is 2.22. The van der Waals surface area contributed by atoms with Gasteiger partial charge in [-0.2, -0.15) is 0 Å². The molecule has 1 aliphatic rings. The summed E-state index contributed by atoms with van der Waals surface area (Å²) < 4.78 is 10.7. The second-order valence-electron chi connectivity index (χ2n) is 4.23. The van der Waals surface area contributed by atoms with Gasteiger partial charge in [0.05, 0.1) is 13.2 Å². The van der Waals surface area contributed by atoms with Gasteiger partial charge in [-0.25, -0.2) is 4.79 Å². The van der Waals surface area contributed by atoms with Crippen molar-refractivity contribution in [3.8, 4) is 5.75 Å². The molecule has 0 aliphatic carbocycles. The van der Waals surface area contributed by atoms with E-state index >= 15 is 0 Å². The molecule has 1 fully saturated rings. The zero-order valence-corrected chi connectivity index (χ0v) is 12.3. The molecule has 7 heteroatoms. The van der Waals surface area contributed by atoms with Gasteiger partial charge in [-0.3, -0.25) is 4.79 Å². The summed E-state index contributed by atoms with van der Waals surface area (Å²) in [6, 6.07) is 4.42. The van der Waals surface area contributed by atoms with E-state index in [0.717, 1.165) is 0 Å². The Labute approximate surface area is 124 Å². The lowest BCUT2D eigenvalue weighted by Crippen LogP contribution is -2.42. The van der Waals surface area contributed by atoms with E-state index < -0.39 is 5.97 Å². The molecule has 0 unspecified atom stereocenters. The van der Waals surface area contributed by atoms with Crippen LogP contribution in [0.15, 0.2) is 22.7 Å². The molecule has 1 heterocycles. The molecule has 108 valence electrons. The third-order valence-electron chi connectivity index (χ3n) is 2.87. The molecule has 6 nitrogen and oxygen atoms in total. The maximum absolute atomic E-state index is 11.8. The molecule has 0 saturated carbocycles. The van der Waals surface area contributed by atoms with Gasteiger partial charge in [-0.1, -0.05) is 15.9 Å². The van der Waals surface area contributed by atoms with E-state index in [1.807, 2.05) is 0 Å². The molecule has 1 aliphatic heterocycles. The van der Waals surface area contributed by atoms with Crippen LogP contribution in [0.4, 0.5) is 0 Å². The number of esters is 1. The molecule has 0 aromatic heterocycles. The molecule has 0 atom stereocenters. The molecule has 1 aromatic carbocycles. The number of halogens is 1. The smallest absolute Gasteiger partial charge is 0.342 e. The average molecular weight is 344 g/mol. The summed E-state index contributed by atoms with van der Waals surface area (Å²) in [6.45, 7) is 1.64. The van der Waals surface area contributed by atoms with Crippen LogP contribution >= 0.6 is 15.9 Å². The van der Waals surface area contributed by atoms with Gasteiger partial charge < -0.3 is 19.5 Å². The van der Waals surface area contributed by atoms with Crippen molar-refractivity contribution in [3.63, 3.8) is 0 Å². The van der Waals surface area contributed by atoms with Gasteiger partial charge in [0.2, 0.25) is 0 Å². The average Bonchev–Trinajstić information content (AvgIpc) is 2.47. The lowest BCUT2D eigenvalue weighted by molar-refractivity contribution is -0.138. The topological polar surface area (TPSA) is 76.1 Å². The third kappa shape index (κ3) is 3.71. The maximum atomic E-state index is 11.8. The van der Waals surface area contributed by atoms with E-state index in [0.29, 0.717) is 30.8 Å². The van der Waals surface area contributed by atoms with Crippen molar-refractivity contribution in [2.45, 2.75) is 0 Å². The van der Waals surface area contributed by atoms with Gasteiger partial charge in [0.15, 0.2) is 6.61 Å². The number of ether oxygens (including phenoxy) is 2. The van der Waals surface area contributed by atoms with Crippen LogP contribution in [-0.2, 0) is 14.3 Å². The first-order chi connectivity index (χ1) is 9.58. The molecule has 1 aromatic rings. The lowest BCUT2D eigenvalue weighted by atomic mass is 10.2. The number of hydrogen-bond donors (Lipinski definition) is 1. The molecular weight excluding hydrogens is 330 g/mol. The summed E-state index contributed by atoms with van der Waals surface area (Å²) in [6.07, 6.45) is 0. The van der Waals surface area contributed by atoms with Gasteiger partial charge >= 0.3 is 5.97 Å². The zero-order valence-electron chi connectivity index (χ0n) is 10.7. The standard InChI is InChI=1S/C13H14BrNO5/c14-9-1-2-11(16)10(7-9)13(18)20-8-12(17)15-3-5-19-6-4-15/h1-2,7,16H,3-6,8H2. The molecule has 0 bridgehead atoms. The molecule has 20 heavy (non-hydrogen) atoms. The number of morpholine rings is 1. The Hall–Kier alpha value is -1.60. The van der Waals surface area contributed by atoms with Crippen molar-refractivity contribution in [1.82, 2.24) is 4.90 Å². The number of phenols is 1. The van der Waals surface area contributed by atoms with Gasteiger partial charge in [0, 0.05) is 17.6 Å². The largest absolute Gasteiger partial charge is 0.507 e. The minimum Gasteiger partial charge on any atom is -0.507 e. The Kier molecular flexibility index (Phi) is 4.97. The second-order valence-corrected chi connectivity index (χ2v) is 5.15. The monoisotopic (exact) mass is 343 g/mol. The van der Waals surface area contributed by atoms with Crippen molar-refractivity contribution in [3.05, 3.63) is 28.2 Å². The van der Waals surface area contributed by atoms with Crippen LogP contribution < -0.4 is 0 Å². The van der Waals surface area contributed by atoms with Crippen LogP contribution in [0.2, 0.25) is 0 Å². The third-order valence-corrected chi connectivity index (χ3v) is 3.36. The SMILES string of the molecule is O=C(OCC(=O)N1CCOCC1)c1cc(Br)ccc1O. The number of phenolic OH excluding ortho intramolecular Hbond substituents is 1. The van der Waals surface area contributed by atoms with E-state index in [4.69, 9.17) is 9.47 Å². The Morgan fingerprint density at radius 2 is 2.05 bits per heavy atom. The second kappa shape index (κ2) is 6.71. The first-order valence-corrected chi connectivity index (χ1v) is 6.88. The molecule has 0 spiro atoms. The zero-order chi connectivity index (χ0) is 14.5. The predicted molar refractivity (Wildman–Crippen MR) is 73.5 cm³/mol. The fourth-order valence-electron chi connectivity index (χ4n) is 1.78. The number of benzene rings is 1. The van der Waals surface area contributed by atoms with Crippen molar-refractivity contribution in [2.24, 2.45) is 0 Å². The van der Waals surface area contributed by atoms with Gasteiger partial charge in [-0.15, -0.1) is 0 Å². The van der Waals surface area contributed by atoms with E-state index in [9.17, 15) is 14.7 Å². The Morgan fingerprint density at radius 3 is 2.75 bits per heavy atom. The number of rotatable bonds is 3. The minimum atomic E-state index is -0.731. The lowest BCUT2D eigenvalue weighted by Gasteiger charge is -2.26. The number of nitrogens with zero attached hydrogens (tertiary/aromatic N) is 1. The molecule has 2 rings (SSSR count). The molecule has 0 radical (unpaired) electrons. The highest BCUT2D eigenvalue weighted by molar-refractivity contribution is 9.10. The van der Waals surface area contributed by atoms with Crippen LogP contribution in [0.25, 0.3) is 0 Å². The van der Waals surface area contributed by atoms with Crippen LogP contribution in [0.5, 0.6) is 5.75 Å². The first kappa shape index (κ1) is 14.8. The van der Waals surface area contributed by atoms with Gasteiger partial charge in [-0.05, 0) is 18.2 Å². The Balaban J connectivity index is 1.91. The Bertz CT molecular complexity index is 513. The van der Waals surface area contributed by atoms with Crippen LogP contribution in [0, 0.1) is 0 Å². The number of aromatic hydroxyl groups is 1. The minimum absolute atomic E-state index is 0.0224. The number of carbonyl (C=O) groups is 2. The van der Waals surface area contributed by atoms with E-state index in [-0.39, 0.29) is 23.8 Å². The normalized spacial score (nSPS) is 14.9. The van der Waals surface area contributed by atoms with Gasteiger partial charge in [0.25, 0.3) is 5.91 Å². The van der Waals surface area contributed by atoms with Crippen molar-refractivity contribution < 1.29 is 24.2 Å². The van der Waals surface area contributed by atoms with Crippen LogP contribution in [-0.4, -0.2) is 54.8 Å². The summed E-state index contributed by atoms with van der Waals surface area (Å²) in [5.74, 6) is -1.18. The summed E-state index contributed by atoms with van der Waals surface area (Å²) in [5.41, 5.74) is 0.0224. The predicted octanol–water partition coefficient (Wildman–Crippen LogP) is 1.17. The number of amides is 1. The van der Waals surface area contributed by atoms with E-state index in [1.54, 1.807) is 11.0 Å². The molecular formula is C13H14BrNO5. The van der Waals surface area contributed by atoms with Crippen molar-refractivity contribution >= 4 is 27.8 Å². The first-order valence-electron chi connectivity index (χ1n) is 6.09. The summed E-state index contributed by atoms with van der Waals surface area (Å²) in [7, 11) is 0. The van der Waals surface area contributed by atoms with Crippen molar-refractivity contribution in [2.75, 3.05) is 32.9 Å². The summed E-state index contributed by atoms with van der Waals surface area (Å²) >= 11 is 3.20. The Morgan fingerprint density at radius 1 is 1.35 bits per heavy atom. The summed E-state index contributed by atoms with van der Waals surface area (Å²) in [5, 5.41) is 9.59. The molecule has 1 amide bonds. The van der Waals surface area contributed by atoms with E-state index in [1.165, 1.54) is 12.1 Å². The quantitative estimate of drug-likeness (QED) is 0.833. The number of carbonyl (C=O) groups excluding carboxylic acids is 2. The van der Waals surface area contributed by atoms with Crippen LogP contribution in [0.1, 0.15) is 10.4 Å². The number of hydrogen-bond acceptors (Lipinski definition) is 5. The van der Waals surface area contributed by atoms with Gasteiger partial charge in [0.1, 0.15) is 11.3 Å². The fraction of sp³-hybridized carbons (Fsp3) is 0.385. The van der Waals surface area contributed by atoms with Crippen molar-refractivity contribution in [1.29, 1.82) is 0 Å². The molecule has 1 saturated heterocycles. The maximum Gasteiger partial charge on any atom is 0.342 e. The highest BCUT2D eigenvalue weighted by atomic mass is 79.9. The fourth-order valence-corrected chi connectivity index (χ4v) is 2.14.